The van der Waals surface area contributed by atoms with Gasteiger partial charge in [-0.15, -0.1) is 0 Å². The molecule has 0 radical (unpaired) electrons. The SMILES string of the molecule is CC1C2CNCC2CN1c1nnnn1C. The minimum absolute atomic E-state index is 0.537. The van der Waals surface area contributed by atoms with Crippen molar-refractivity contribution in [2.24, 2.45) is 18.9 Å². The summed E-state index contributed by atoms with van der Waals surface area (Å²) >= 11 is 0. The van der Waals surface area contributed by atoms with Gasteiger partial charge in [0.25, 0.3) is 0 Å². The second-order valence-electron chi connectivity index (χ2n) is 4.58. The third-order valence-corrected chi connectivity index (χ3v) is 3.79. The third kappa shape index (κ3) is 1.24. The summed E-state index contributed by atoms with van der Waals surface area (Å²) in [6.45, 7) is 5.61. The smallest absolute Gasteiger partial charge is 0.245 e. The lowest BCUT2D eigenvalue weighted by atomic mass is 9.95. The molecular formula is C9H16N6. The van der Waals surface area contributed by atoms with Gasteiger partial charge in [-0.3, -0.25) is 0 Å². The molecule has 3 heterocycles. The molecule has 3 rings (SSSR count). The van der Waals surface area contributed by atoms with E-state index in [2.05, 4.69) is 32.7 Å². The summed E-state index contributed by atoms with van der Waals surface area (Å²) in [5, 5.41) is 15.1. The Bertz CT molecular complexity index is 361. The molecule has 1 N–H and O–H groups in total. The van der Waals surface area contributed by atoms with Gasteiger partial charge in [0.1, 0.15) is 0 Å². The molecule has 0 spiro atoms. The van der Waals surface area contributed by atoms with Crippen molar-refractivity contribution in [3.05, 3.63) is 0 Å². The van der Waals surface area contributed by atoms with Crippen molar-refractivity contribution in [2.45, 2.75) is 13.0 Å². The molecular weight excluding hydrogens is 192 g/mol. The normalized spacial score (nSPS) is 34.8. The summed E-state index contributed by atoms with van der Waals surface area (Å²) in [4.78, 5) is 2.33. The summed E-state index contributed by atoms with van der Waals surface area (Å²) in [5.74, 6) is 2.41. The van der Waals surface area contributed by atoms with Gasteiger partial charge < -0.3 is 10.2 Å². The Morgan fingerprint density at radius 1 is 1.40 bits per heavy atom. The standard InChI is InChI=1S/C9H16N6/c1-6-8-4-10-3-7(8)5-15(6)9-11-12-13-14(9)2/h6-8,10H,3-5H2,1-2H3. The van der Waals surface area contributed by atoms with Crippen LogP contribution >= 0.6 is 0 Å². The average molecular weight is 208 g/mol. The van der Waals surface area contributed by atoms with Gasteiger partial charge in [0.05, 0.1) is 0 Å². The Morgan fingerprint density at radius 2 is 2.27 bits per heavy atom. The fourth-order valence-electron chi connectivity index (χ4n) is 2.90. The molecule has 2 aliphatic rings. The van der Waals surface area contributed by atoms with Gasteiger partial charge >= 0.3 is 0 Å². The lowest BCUT2D eigenvalue weighted by Gasteiger charge is -2.23. The average Bonchev–Trinajstić information content (AvgIpc) is 2.85. The fraction of sp³-hybridized carbons (Fsp3) is 0.889. The first-order valence-electron chi connectivity index (χ1n) is 5.47. The summed E-state index contributed by atoms with van der Waals surface area (Å²) < 4.78 is 1.75. The van der Waals surface area contributed by atoms with E-state index in [1.165, 1.54) is 0 Å². The van der Waals surface area contributed by atoms with Crippen LogP contribution in [-0.4, -0.2) is 45.9 Å². The molecule has 15 heavy (non-hydrogen) atoms. The van der Waals surface area contributed by atoms with Crippen molar-refractivity contribution in [3.63, 3.8) is 0 Å². The molecule has 6 nitrogen and oxygen atoms in total. The van der Waals surface area contributed by atoms with Gasteiger partial charge in [-0.2, -0.15) is 0 Å². The summed E-state index contributed by atoms with van der Waals surface area (Å²) in [6.07, 6.45) is 0. The second-order valence-corrected chi connectivity index (χ2v) is 4.58. The van der Waals surface area contributed by atoms with Gasteiger partial charge in [0, 0.05) is 32.7 Å². The number of fused-ring (bicyclic) bond motifs is 1. The Hall–Kier alpha value is -1.17. The molecule has 0 amide bonds. The molecule has 2 fully saturated rings. The van der Waals surface area contributed by atoms with E-state index in [0.717, 1.165) is 37.4 Å². The lowest BCUT2D eigenvalue weighted by Crippen LogP contribution is -2.34. The van der Waals surface area contributed by atoms with Crippen molar-refractivity contribution < 1.29 is 0 Å². The number of aryl methyl sites for hydroxylation is 1. The van der Waals surface area contributed by atoms with Gasteiger partial charge in [-0.25, -0.2) is 4.68 Å². The molecule has 3 atom stereocenters. The third-order valence-electron chi connectivity index (χ3n) is 3.79. The zero-order valence-corrected chi connectivity index (χ0v) is 9.09. The van der Waals surface area contributed by atoms with Gasteiger partial charge in [0.15, 0.2) is 0 Å². The minimum Gasteiger partial charge on any atom is -0.336 e. The first-order valence-corrected chi connectivity index (χ1v) is 5.47. The van der Waals surface area contributed by atoms with Crippen LogP contribution in [0.25, 0.3) is 0 Å². The van der Waals surface area contributed by atoms with E-state index in [-0.39, 0.29) is 0 Å². The fourth-order valence-corrected chi connectivity index (χ4v) is 2.90. The first-order chi connectivity index (χ1) is 7.27. The number of rotatable bonds is 1. The highest BCUT2D eigenvalue weighted by Crippen LogP contribution is 2.34. The van der Waals surface area contributed by atoms with Crippen molar-refractivity contribution in [3.8, 4) is 0 Å². The molecule has 0 aliphatic carbocycles. The van der Waals surface area contributed by atoms with Crippen molar-refractivity contribution in [2.75, 3.05) is 24.5 Å². The molecule has 2 saturated heterocycles. The molecule has 6 heteroatoms. The van der Waals surface area contributed by atoms with E-state index < -0.39 is 0 Å². The largest absolute Gasteiger partial charge is 0.336 e. The number of hydrogen-bond acceptors (Lipinski definition) is 5. The van der Waals surface area contributed by atoms with Crippen LogP contribution in [0.2, 0.25) is 0 Å². The number of aromatic nitrogens is 4. The van der Waals surface area contributed by atoms with E-state index >= 15 is 0 Å². The highest BCUT2D eigenvalue weighted by molar-refractivity contribution is 5.34. The lowest BCUT2D eigenvalue weighted by molar-refractivity contribution is 0.470. The first kappa shape index (κ1) is 9.08. The molecule has 0 bridgehead atoms. The summed E-state index contributed by atoms with van der Waals surface area (Å²) in [7, 11) is 1.90. The second kappa shape index (κ2) is 3.16. The number of nitrogens with one attached hydrogen (secondary N) is 1. The molecule has 1 aromatic heterocycles. The number of hydrogen-bond donors (Lipinski definition) is 1. The van der Waals surface area contributed by atoms with Crippen LogP contribution in [0.1, 0.15) is 6.92 Å². The maximum absolute atomic E-state index is 4.08. The van der Waals surface area contributed by atoms with Crippen molar-refractivity contribution >= 4 is 5.95 Å². The Balaban J connectivity index is 1.87. The monoisotopic (exact) mass is 208 g/mol. The van der Waals surface area contributed by atoms with Crippen LogP contribution in [0.5, 0.6) is 0 Å². The zero-order chi connectivity index (χ0) is 10.4. The van der Waals surface area contributed by atoms with Gasteiger partial charge in [-0.05, 0) is 29.2 Å². The Kier molecular flexibility index (Phi) is 1.92. The Labute approximate surface area is 88.6 Å². The van der Waals surface area contributed by atoms with Crippen molar-refractivity contribution in [1.29, 1.82) is 0 Å². The maximum atomic E-state index is 4.08. The van der Waals surface area contributed by atoms with Crippen LogP contribution in [0.15, 0.2) is 0 Å². The summed E-state index contributed by atoms with van der Waals surface area (Å²) in [5.41, 5.74) is 0. The number of nitrogens with zero attached hydrogens (tertiary/aromatic N) is 5. The maximum Gasteiger partial charge on any atom is 0.245 e. The predicted octanol–water partition coefficient (Wildman–Crippen LogP) is -0.746. The van der Waals surface area contributed by atoms with E-state index in [4.69, 9.17) is 0 Å². The van der Waals surface area contributed by atoms with Gasteiger partial charge in [0.2, 0.25) is 5.95 Å². The quantitative estimate of drug-likeness (QED) is 0.658. The van der Waals surface area contributed by atoms with Crippen LogP contribution < -0.4 is 10.2 Å². The highest BCUT2D eigenvalue weighted by Gasteiger charge is 2.43. The molecule has 1 aromatic rings. The number of anilines is 1. The van der Waals surface area contributed by atoms with E-state index in [9.17, 15) is 0 Å². The predicted molar refractivity (Wildman–Crippen MR) is 55.5 cm³/mol. The molecule has 3 unspecified atom stereocenters. The molecule has 2 aliphatic heterocycles. The van der Waals surface area contributed by atoms with Crippen molar-refractivity contribution in [1.82, 2.24) is 25.5 Å². The molecule has 0 saturated carbocycles. The van der Waals surface area contributed by atoms with Crippen LogP contribution in [0.4, 0.5) is 5.95 Å². The van der Waals surface area contributed by atoms with Crippen LogP contribution in [0.3, 0.4) is 0 Å². The Morgan fingerprint density at radius 3 is 2.93 bits per heavy atom. The highest BCUT2D eigenvalue weighted by atomic mass is 15.6. The number of tetrazole rings is 1. The van der Waals surface area contributed by atoms with Crippen LogP contribution in [0, 0.1) is 11.8 Å². The topological polar surface area (TPSA) is 58.9 Å². The van der Waals surface area contributed by atoms with Gasteiger partial charge in [-0.1, -0.05) is 5.10 Å². The van der Waals surface area contributed by atoms with E-state index in [1.54, 1.807) is 4.68 Å². The minimum atomic E-state index is 0.537. The van der Waals surface area contributed by atoms with Crippen LogP contribution in [-0.2, 0) is 7.05 Å². The van der Waals surface area contributed by atoms with E-state index in [0.29, 0.717) is 6.04 Å². The molecule has 82 valence electrons. The summed E-state index contributed by atoms with van der Waals surface area (Å²) in [6, 6.07) is 0.537. The molecule has 0 aromatic carbocycles. The van der Waals surface area contributed by atoms with E-state index in [1.807, 2.05) is 7.05 Å². The zero-order valence-electron chi connectivity index (χ0n) is 9.09.